The Hall–Kier alpha value is -2.30. The second kappa shape index (κ2) is 7.51. The first kappa shape index (κ1) is 18.0. The summed E-state index contributed by atoms with van der Waals surface area (Å²) in [6, 6.07) is 0. The summed E-state index contributed by atoms with van der Waals surface area (Å²) < 4.78 is 4.97. The molecule has 0 spiro atoms. The molecule has 2 N–H and O–H groups in total. The zero-order valence-electron chi connectivity index (χ0n) is 15.1. The number of rotatable bonds is 6. The second-order valence-corrected chi connectivity index (χ2v) is 6.03. The van der Waals surface area contributed by atoms with Crippen molar-refractivity contribution < 1.29 is 14.3 Å². The van der Waals surface area contributed by atoms with Gasteiger partial charge in [0.1, 0.15) is 0 Å². The van der Waals surface area contributed by atoms with Crippen LogP contribution in [0.2, 0.25) is 0 Å². The second-order valence-electron chi connectivity index (χ2n) is 6.03. The average molecular weight is 330 g/mol. The molecule has 5 heteroatoms. The minimum absolute atomic E-state index is 0.0955. The first-order chi connectivity index (χ1) is 11.4. The van der Waals surface area contributed by atoms with Crippen LogP contribution in [0.3, 0.4) is 0 Å². The van der Waals surface area contributed by atoms with Crippen molar-refractivity contribution in [3.63, 3.8) is 0 Å². The van der Waals surface area contributed by atoms with Crippen molar-refractivity contribution in [3.8, 4) is 0 Å². The van der Waals surface area contributed by atoms with E-state index in [2.05, 4.69) is 31.1 Å². The van der Waals surface area contributed by atoms with Crippen LogP contribution in [0.15, 0.2) is 16.8 Å². The third-order valence-electron chi connectivity index (χ3n) is 4.50. The van der Waals surface area contributed by atoms with E-state index in [9.17, 15) is 9.59 Å². The van der Waals surface area contributed by atoms with Gasteiger partial charge < -0.3 is 15.0 Å². The number of H-pyrrole nitrogens is 1. The summed E-state index contributed by atoms with van der Waals surface area (Å²) in [5.41, 5.74) is 7.30. The highest BCUT2D eigenvalue weighted by Crippen LogP contribution is 2.29. The molecule has 2 heterocycles. The fourth-order valence-corrected chi connectivity index (χ4v) is 3.30. The van der Waals surface area contributed by atoms with Crippen LogP contribution in [-0.4, -0.2) is 23.5 Å². The van der Waals surface area contributed by atoms with E-state index in [0.717, 1.165) is 29.8 Å². The molecule has 0 fully saturated rings. The number of amides is 1. The van der Waals surface area contributed by atoms with Crippen LogP contribution in [0.5, 0.6) is 0 Å². The van der Waals surface area contributed by atoms with E-state index in [-0.39, 0.29) is 18.5 Å². The van der Waals surface area contributed by atoms with Crippen molar-refractivity contribution in [2.75, 3.05) is 6.61 Å². The Morgan fingerprint density at radius 3 is 2.42 bits per heavy atom. The Labute approximate surface area is 143 Å². The van der Waals surface area contributed by atoms with E-state index in [0.29, 0.717) is 12.0 Å². The van der Waals surface area contributed by atoms with Gasteiger partial charge >= 0.3 is 5.97 Å². The fourth-order valence-electron chi connectivity index (χ4n) is 3.30. The van der Waals surface area contributed by atoms with Crippen LogP contribution in [-0.2, 0) is 20.7 Å². The van der Waals surface area contributed by atoms with Gasteiger partial charge in [0.15, 0.2) is 0 Å². The zero-order chi connectivity index (χ0) is 17.9. The summed E-state index contributed by atoms with van der Waals surface area (Å²) >= 11 is 0. The Balaban J connectivity index is 2.31. The Morgan fingerprint density at radius 2 is 1.88 bits per heavy atom. The molecule has 2 rings (SSSR count). The van der Waals surface area contributed by atoms with E-state index in [1.54, 1.807) is 0 Å². The van der Waals surface area contributed by atoms with Crippen LogP contribution >= 0.6 is 0 Å². The number of ether oxygens (including phenoxy) is 1. The molecule has 1 amide bonds. The number of carbonyl (C=O) groups is 2. The lowest BCUT2D eigenvalue weighted by molar-refractivity contribution is -0.141. The van der Waals surface area contributed by atoms with Gasteiger partial charge in [-0.3, -0.25) is 9.59 Å². The number of nitrogens with one attached hydrogen (secondary N) is 2. The summed E-state index contributed by atoms with van der Waals surface area (Å²) in [5, 5.41) is 2.95. The Morgan fingerprint density at radius 1 is 1.17 bits per heavy atom. The zero-order valence-corrected chi connectivity index (χ0v) is 15.1. The SMILES string of the molecule is CCC1=C(CCOC(C)=O)C(=O)N/C1=C\c1[nH]c(C)c(CC)c1C. The normalized spacial score (nSPS) is 16.0. The molecule has 0 saturated heterocycles. The minimum atomic E-state index is -0.326. The van der Waals surface area contributed by atoms with Gasteiger partial charge in [0.25, 0.3) is 5.91 Å². The highest BCUT2D eigenvalue weighted by molar-refractivity contribution is 6.01. The molecule has 0 aliphatic carbocycles. The Bertz CT molecular complexity index is 723. The van der Waals surface area contributed by atoms with Crippen LogP contribution in [0, 0.1) is 13.8 Å². The van der Waals surface area contributed by atoms with Crippen molar-refractivity contribution in [1.29, 1.82) is 0 Å². The maximum absolute atomic E-state index is 12.3. The molecule has 24 heavy (non-hydrogen) atoms. The largest absolute Gasteiger partial charge is 0.466 e. The predicted molar refractivity (Wildman–Crippen MR) is 94.3 cm³/mol. The fraction of sp³-hybridized carbons (Fsp3) is 0.474. The first-order valence-corrected chi connectivity index (χ1v) is 8.45. The van der Waals surface area contributed by atoms with Gasteiger partial charge in [-0.1, -0.05) is 13.8 Å². The summed E-state index contributed by atoms with van der Waals surface area (Å²) in [7, 11) is 0. The van der Waals surface area contributed by atoms with Gasteiger partial charge in [0.2, 0.25) is 0 Å². The van der Waals surface area contributed by atoms with Gasteiger partial charge in [-0.05, 0) is 49.5 Å². The van der Waals surface area contributed by atoms with Crippen LogP contribution in [0.25, 0.3) is 6.08 Å². The summed E-state index contributed by atoms with van der Waals surface area (Å²) in [4.78, 5) is 26.6. The van der Waals surface area contributed by atoms with Crippen molar-refractivity contribution in [2.24, 2.45) is 0 Å². The number of esters is 1. The molecular formula is C19H26N2O3. The number of hydrogen-bond acceptors (Lipinski definition) is 3. The molecule has 0 bridgehead atoms. The predicted octanol–water partition coefficient (Wildman–Crippen LogP) is 3.32. The topological polar surface area (TPSA) is 71.2 Å². The molecule has 0 atom stereocenters. The molecule has 1 aliphatic heterocycles. The van der Waals surface area contributed by atoms with Crippen molar-refractivity contribution in [3.05, 3.63) is 39.4 Å². The number of aromatic nitrogens is 1. The van der Waals surface area contributed by atoms with E-state index >= 15 is 0 Å². The maximum atomic E-state index is 12.3. The van der Waals surface area contributed by atoms with Gasteiger partial charge in [-0.15, -0.1) is 0 Å². The van der Waals surface area contributed by atoms with E-state index < -0.39 is 0 Å². The average Bonchev–Trinajstić information content (AvgIpc) is 2.96. The summed E-state index contributed by atoms with van der Waals surface area (Å²) in [6.07, 6.45) is 4.18. The molecule has 0 saturated carbocycles. The maximum Gasteiger partial charge on any atom is 0.302 e. The third kappa shape index (κ3) is 3.61. The lowest BCUT2D eigenvalue weighted by Gasteiger charge is -2.05. The molecule has 5 nitrogen and oxygen atoms in total. The third-order valence-corrected chi connectivity index (χ3v) is 4.50. The van der Waals surface area contributed by atoms with Crippen molar-refractivity contribution in [2.45, 2.75) is 53.9 Å². The molecule has 1 aromatic rings. The molecule has 130 valence electrons. The van der Waals surface area contributed by atoms with Crippen molar-refractivity contribution >= 4 is 18.0 Å². The highest BCUT2D eigenvalue weighted by atomic mass is 16.5. The Kier molecular flexibility index (Phi) is 5.65. The standard InChI is InChI=1S/C19H26N2O3/c1-6-14-11(3)17(20-12(14)4)10-18-15(7-2)16(19(23)21-18)8-9-24-13(5)22/h10,20H,6-9H2,1-5H3,(H,21,23)/b18-10-. The molecule has 0 radical (unpaired) electrons. The van der Waals surface area contributed by atoms with E-state index in [4.69, 9.17) is 4.74 Å². The van der Waals surface area contributed by atoms with Gasteiger partial charge in [-0.25, -0.2) is 0 Å². The molecular weight excluding hydrogens is 304 g/mol. The molecule has 0 unspecified atom stereocenters. The number of aryl methyl sites for hydroxylation is 1. The first-order valence-electron chi connectivity index (χ1n) is 8.45. The quantitative estimate of drug-likeness (QED) is 0.786. The molecule has 0 aromatic carbocycles. The monoisotopic (exact) mass is 330 g/mol. The van der Waals surface area contributed by atoms with Crippen LogP contribution < -0.4 is 5.32 Å². The number of carbonyl (C=O) groups excluding carboxylic acids is 2. The van der Waals surface area contributed by atoms with Crippen molar-refractivity contribution in [1.82, 2.24) is 10.3 Å². The highest BCUT2D eigenvalue weighted by Gasteiger charge is 2.26. The van der Waals surface area contributed by atoms with Crippen LogP contribution in [0.1, 0.15) is 56.1 Å². The van der Waals surface area contributed by atoms with Gasteiger partial charge in [0, 0.05) is 36.0 Å². The minimum Gasteiger partial charge on any atom is -0.466 e. The summed E-state index contributed by atoms with van der Waals surface area (Å²) in [5.74, 6) is -0.422. The van der Waals surface area contributed by atoms with E-state index in [1.165, 1.54) is 23.7 Å². The summed E-state index contributed by atoms with van der Waals surface area (Å²) in [6.45, 7) is 9.94. The number of aromatic amines is 1. The molecule has 1 aliphatic rings. The molecule has 1 aromatic heterocycles. The van der Waals surface area contributed by atoms with Crippen LogP contribution in [0.4, 0.5) is 0 Å². The van der Waals surface area contributed by atoms with Gasteiger partial charge in [0.05, 0.1) is 6.61 Å². The van der Waals surface area contributed by atoms with Gasteiger partial charge in [-0.2, -0.15) is 0 Å². The number of hydrogen-bond donors (Lipinski definition) is 2. The lowest BCUT2D eigenvalue weighted by atomic mass is 10.0. The number of allylic oxidation sites excluding steroid dienone is 1. The lowest BCUT2D eigenvalue weighted by Crippen LogP contribution is -2.17. The smallest absolute Gasteiger partial charge is 0.302 e. The van der Waals surface area contributed by atoms with E-state index in [1.807, 2.05) is 13.0 Å².